The lowest BCUT2D eigenvalue weighted by Crippen LogP contribution is -2.54. The molecule has 6 aliphatic rings. The van der Waals surface area contributed by atoms with Crippen LogP contribution in [0.3, 0.4) is 0 Å². The summed E-state index contributed by atoms with van der Waals surface area (Å²) in [5.74, 6) is -0.381. The topological polar surface area (TPSA) is 144 Å². The van der Waals surface area contributed by atoms with E-state index in [4.69, 9.17) is 14.2 Å². The summed E-state index contributed by atoms with van der Waals surface area (Å²) in [7, 11) is 0. The van der Waals surface area contributed by atoms with Gasteiger partial charge in [-0.1, -0.05) is 25.1 Å². The second-order valence-electron chi connectivity index (χ2n) is 17.7. The predicted molar refractivity (Wildman–Crippen MR) is 226 cm³/mol. The predicted octanol–water partition coefficient (Wildman–Crippen LogP) is 5.81. The number of carbonyl (C=O) groups excluding carboxylic acids is 4. The highest BCUT2D eigenvalue weighted by atomic mass is 16.5. The van der Waals surface area contributed by atoms with E-state index < -0.39 is 29.7 Å². The number of rotatable bonds is 12. The zero-order valence-electron chi connectivity index (χ0n) is 34.6. The van der Waals surface area contributed by atoms with Crippen LogP contribution in [0.15, 0.2) is 73.2 Å². The number of ether oxygens (including phenoxy) is 3. The zero-order chi connectivity index (χ0) is 41.6. The van der Waals surface area contributed by atoms with E-state index in [9.17, 15) is 19.2 Å². The largest absolute Gasteiger partial charge is 0.488 e. The van der Waals surface area contributed by atoms with Crippen LogP contribution in [0.25, 0.3) is 22.3 Å². The van der Waals surface area contributed by atoms with Crippen molar-refractivity contribution in [2.45, 2.75) is 101 Å². The molecule has 0 spiro atoms. The Labute approximate surface area is 355 Å². The molecule has 0 radical (unpaired) electrons. The number of fused-ring (bicyclic) bond motifs is 4. The summed E-state index contributed by atoms with van der Waals surface area (Å²) in [6, 6.07) is 17.0. The van der Waals surface area contributed by atoms with Gasteiger partial charge in [0.05, 0.1) is 23.3 Å². The fourth-order valence-corrected chi connectivity index (χ4v) is 9.88. The number of likely N-dealkylation sites (tertiary alicyclic amines) is 2. The van der Waals surface area contributed by atoms with Crippen LogP contribution in [0.1, 0.15) is 96.1 Å². The number of nitrogens with one attached hydrogen (secondary N) is 1. The molecule has 4 aromatic rings. The van der Waals surface area contributed by atoms with E-state index in [2.05, 4.69) is 62.3 Å². The number of benzene rings is 2. The highest BCUT2D eigenvalue weighted by molar-refractivity contribution is 6.23. The molecule has 2 aliphatic carbocycles. The summed E-state index contributed by atoms with van der Waals surface area (Å²) in [5, 5.41) is 2.23. The van der Waals surface area contributed by atoms with E-state index in [1.807, 2.05) is 24.7 Å². The number of piperidine rings is 2. The van der Waals surface area contributed by atoms with Gasteiger partial charge in [-0.2, -0.15) is 0 Å². The van der Waals surface area contributed by atoms with Crippen molar-refractivity contribution in [1.82, 2.24) is 30.0 Å². The molecule has 4 fully saturated rings. The van der Waals surface area contributed by atoms with Crippen LogP contribution in [0.2, 0.25) is 0 Å². The molecule has 13 heteroatoms. The van der Waals surface area contributed by atoms with Crippen molar-refractivity contribution < 1.29 is 33.4 Å². The number of pyridine rings is 2. The van der Waals surface area contributed by atoms with Crippen LogP contribution in [0.4, 0.5) is 0 Å². The second-order valence-corrected chi connectivity index (χ2v) is 17.7. The van der Waals surface area contributed by atoms with Crippen LogP contribution in [-0.4, -0.2) is 118 Å². The minimum Gasteiger partial charge on any atom is -0.488 e. The third-order valence-corrected chi connectivity index (χ3v) is 13.5. The average molecular weight is 825 g/mol. The number of aromatic nitrogens is 2. The molecule has 2 unspecified atom stereocenters. The van der Waals surface area contributed by atoms with Crippen molar-refractivity contribution >= 4 is 23.6 Å². The summed E-state index contributed by atoms with van der Waals surface area (Å²) >= 11 is 0. The summed E-state index contributed by atoms with van der Waals surface area (Å²) in [4.78, 5) is 65.1. The molecule has 13 nitrogen and oxygen atoms in total. The highest BCUT2D eigenvalue weighted by Gasteiger charge is 2.45. The van der Waals surface area contributed by atoms with Crippen LogP contribution < -0.4 is 14.8 Å². The van der Waals surface area contributed by atoms with Gasteiger partial charge in [0.1, 0.15) is 24.0 Å². The first kappa shape index (κ1) is 39.6. The summed E-state index contributed by atoms with van der Waals surface area (Å²) in [6.07, 6.45) is 13.9. The maximum absolute atomic E-state index is 13.2. The lowest BCUT2D eigenvalue weighted by molar-refractivity contribution is -0.136. The van der Waals surface area contributed by atoms with E-state index >= 15 is 0 Å². The number of carbonyl (C=O) groups is 4. The Bertz CT molecular complexity index is 2330. The third kappa shape index (κ3) is 8.18. The van der Waals surface area contributed by atoms with Gasteiger partial charge in [0.15, 0.2) is 0 Å². The van der Waals surface area contributed by atoms with E-state index in [0.717, 1.165) is 94.7 Å². The first-order chi connectivity index (χ1) is 29.7. The summed E-state index contributed by atoms with van der Waals surface area (Å²) < 4.78 is 18.9. The fourth-order valence-electron chi connectivity index (χ4n) is 9.88. The van der Waals surface area contributed by atoms with Crippen LogP contribution in [0.5, 0.6) is 11.6 Å². The SMILES string of the molecule is CC1CCc2ccncc2-c2ccc(-c3ccc(O[C@H]4C[C@H](OC5CCN(CCCN6CC(Oc7ccc8c(c7)C(=O)N(C7CCC(=O)NC7=O)C8=O)C6)CC5)C4)nc3)cc21. The van der Waals surface area contributed by atoms with E-state index in [1.54, 1.807) is 18.2 Å². The monoisotopic (exact) mass is 824 g/mol. The standard InChI is InChI=1S/C48H52N6O7/c1-29-3-4-30-13-16-49-26-42(30)38-8-5-31(21-40(29)38)32-6-12-45(50-25-32)61-36-22-35(23-36)59-33-14-19-52(20-15-33)17-2-18-53-27-37(28-53)60-34-7-9-39-41(24-34)48(58)54(47(39)57)43-10-11-44(55)51-46(43)56/h5-9,12-13,16,21,24-26,29,33,35-37,43H,2-4,10-11,14-15,17-20,22-23,27-28H2,1H3,(H,51,55,56)/t29?,35-,36-,43?. The normalized spacial score (nSPS) is 24.6. The van der Waals surface area contributed by atoms with Gasteiger partial charge in [0, 0.05) is 81.2 Å². The van der Waals surface area contributed by atoms with Gasteiger partial charge >= 0.3 is 0 Å². The Balaban J connectivity index is 0.606. The molecule has 61 heavy (non-hydrogen) atoms. The molecule has 4 aliphatic heterocycles. The third-order valence-electron chi connectivity index (χ3n) is 13.5. The minimum absolute atomic E-state index is 0.00912. The van der Waals surface area contributed by atoms with Gasteiger partial charge in [-0.05, 0) is 110 Å². The number of hydrogen-bond donors (Lipinski definition) is 1. The van der Waals surface area contributed by atoms with Crippen LogP contribution in [-0.2, 0) is 20.7 Å². The second kappa shape index (κ2) is 16.8. The molecule has 4 amide bonds. The Morgan fingerprint density at radius 3 is 2.30 bits per heavy atom. The van der Waals surface area contributed by atoms with Gasteiger partial charge < -0.3 is 19.1 Å². The Kier molecular flexibility index (Phi) is 10.9. The van der Waals surface area contributed by atoms with Gasteiger partial charge in [0.25, 0.3) is 11.8 Å². The van der Waals surface area contributed by atoms with Crippen molar-refractivity contribution in [3.05, 3.63) is 95.4 Å². The van der Waals surface area contributed by atoms with Crippen molar-refractivity contribution in [2.75, 3.05) is 39.3 Å². The average Bonchev–Trinajstić information content (AvgIpc) is 3.39. The first-order valence-corrected chi connectivity index (χ1v) is 22.0. The van der Waals surface area contributed by atoms with E-state index in [0.29, 0.717) is 23.7 Å². The number of amides is 4. The number of aryl methyl sites for hydroxylation is 1. The maximum atomic E-state index is 13.2. The van der Waals surface area contributed by atoms with Gasteiger partial charge in [-0.15, -0.1) is 0 Å². The molecule has 0 bridgehead atoms. The molecule has 316 valence electrons. The van der Waals surface area contributed by atoms with Crippen molar-refractivity contribution in [3.63, 3.8) is 0 Å². The Morgan fingerprint density at radius 1 is 0.705 bits per heavy atom. The molecular formula is C48H52N6O7. The first-order valence-electron chi connectivity index (χ1n) is 22.0. The lowest BCUT2D eigenvalue weighted by atomic mass is 9.90. The smallest absolute Gasteiger partial charge is 0.262 e. The van der Waals surface area contributed by atoms with Gasteiger partial charge in [0.2, 0.25) is 17.7 Å². The summed E-state index contributed by atoms with van der Waals surface area (Å²) in [6.45, 7) is 8.08. The Morgan fingerprint density at radius 2 is 1.49 bits per heavy atom. The van der Waals surface area contributed by atoms with Gasteiger partial charge in [-0.3, -0.25) is 39.3 Å². The molecule has 3 saturated heterocycles. The number of imide groups is 2. The van der Waals surface area contributed by atoms with Crippen molar-refractivity contribution in [3.8, 4) is 33.9 Å². The molecule has 1 saturated carbocycles. The maximum Gasteiger partial charge on any atom is 0.262 e. The molecule has 2 atom stereocenters. The highest BCUT2D eigenvalue weighted by Crippen LogP contribution is 2.40. The lowest BCUT2D eigenvalue weighted by Gasteiger charge is -2.40. The molecule has 2 aromatic carbocycles. The zero-order valence-corrected chi connectivity index (χ0v) is 34.6. The minimum atomic E-state index is -0.982. The summed E-state index contributed by atoms with van der Waals surface area (Å²) in [5.41, 5.74) is 8.06. The number of hydrogen-bond acceptors (Lipinski definition) is 11. The van der Waals surface area contributed by atoms with E-state index in [1.165, 1.54) is 27.8 Å². The van der Waals surface area contributed by atoms with Crippen molar-refractivity contribution in [2.24, 2.45) is 0 Å². The van der Waals surface area contributed by atoms with Crippen LogP contribution in [0, 0.1) is 0 Å². The molecule has 6 heterocycles. The number of nitrogens with zero attached hydrogens (tertiary/aromatic N) is 5. The van der Waals surface area contributed by atoms with Crippen LogP contribution >= 0.6 is 0 Å². The molecule has 2 aromatic heterocycles. The van der Waals surface area contributed by atoms with Gasteiger partial charge in [-0.25, -0.2) is 4.98 Å². The molecular weight excluding hydrogens is 773 g/mol. The molecule has 1 N–H and O–H groups in total. The van der Waals surface area contributed by atoms with Crippen molar-refractivity contribution in [1.29, 1.82) is 0 Å². The fraction of sp³-hybridized carbons (Fsp3) is 0.458. The van der Waals surface area contributed by atoms with E-state index in [-0.39, 0.29) is 42.3 Å². The Hall–Kier alpha value is -5.50. The quantitative estimate of drug-likeness (QED) is 0.173. The molecule has 10 rings (SSSR count).